The van der Waals surface area contributed by atoms with E-state index >= 15 is 0 Å². The Kier molecular flexibility index (Phi) is 6.61. The topological polar surface area (TPSA) is 77.5 Å². The number of aromatic nitrogens is 1. The average Bonchev–Trinajstić information content (AvgIpc) is 3.18. The lowest BCUT2D eigenvalue weighted by molar-refractivity contribution is -0.133. The van der Waals surface area contributed by atoms with E-state index in [2.05, 4.69) is 24.1 Å². The summed E-state index contributed by atoms with van der Waals surface area (Å²) < 4.78 is 10.6. The molecule has 0 aliphatic heterocycles. The maximum absolute atomic E-state index is 12.4. The molecule has 1 heterocycles. The van der Waals surface area contributed by atoms with Crippen molar-refractivity contribution in [2.24, 2.45) is 0 Å². The Balaban J connectivity index is 1.58. The van der Waals surface area contributed by atoms with Gasteiger partial charge in [-0.15, -0.1) is 11.3 Å². The smallest absolute Gasteiger partial charge is 0.317 e. The van der Waals surface area contributed by atoms with Crippen molar-refractivity contribution in [1.29, 1.82) is 0 Å². The summed E-state index contributed by atoms with van der Waals surface area (Å²) in [6.45, 7) is 4.13. The molecule has 0 atom stereocenters. The second-order valence-electron chi connectivity index (χ2n) is 6.66. The molecule has 3 aromatic rings. The van der Waals surface area contributed by atoms with E-state index in [9.17, 15) is 9.59 Å². The van der Waals surface area contributed by atoms with Crippen LogP contribution in [-0.2, 0) is 11.2 Å². The molecule has 1 aromatic heterocycles. The van der Waals surface area contributed by atoms with Gasteiger partial charge in [-0.25, -0.2) is 4.98 Å². The normalized spacial score (nSPS) is 10.6. The van der Waals surface area contributed by atoms with Gasteiger partial charge in [0.05, 0.1) is 29.8 Å². The molecule has 0 spiro atoms. The molecule has 6 nitrogen and oxygen atoms in total. The first kappa shape index (κ1) is 20.5. The van der Waals surface area contributed by atoms with Crippen LogP contribution in [0.5, 0.6) is 11.5 Å². The van der Waals surface area contributed by atoms with Crippen molar-refractivity contribution in [1.82, 2.24) is 4.98 Å². The Bertz CT molecular complexity index is 996. The number of thiazole rings is 1. The van der Waals surface area contributed by atoms with Crippen LogP contribution < -0.4 is 14.8 Å². The van der Waals surface area contributed by atoms with Gasteiger partial charge in [0.15, 0.2) is 0 Å². The summed E-state index contributed by atoms with van der Waals surface area (Å²) in [7, 11) is 1.52. The summed E-state index contributed by atoms with van der Waals surface area (Å²) in [6.07, 6.45) is 0.121. The van der Waals surface area contributed by atoms with Crippen molar-refractivity contribution in [2.75, 3.05) is 12.4 Å². The highest BCUT2D eigenvalue weighted by molar-refractivity contribution is 7.09. The van der Waals surface area contributed by atoms with Crippen molar-refractivity contribution in [3.8, 4) is 11.5 Å². The number of amides is 1. The molecule has 3 rings (SSSR count). The number of methoxy groups -OCH3 is 1. The van der Waals surface area contributed by atoms with Gasteiger partial charge < -0.3 is 14.8 Å². The van der Waals surface area contributed by atoms with Crippen molar-refractivity contribution in [3.63, 3.8) is 0 Å². The highest BCUT2D eigenvalue weighted by Crippen LogP contribution is 2.22. The third kappa shape index (κ3) is 5.42. The van der Waals surface area contributed by atoms with Crippen LogP contribution in [0.1, 0.15) is 40.8 Å². The maximum Gasteiger partial charge on any atom is 0.317 e. The van der Waals surface area contributed by atoms with E-state index in [1.54, 1.807) is 59.9 Å². The Morgan fingerprint density at radius 3 is 2.48 bits per heavy atom. The SMILES string of the molecule is COc1ccccc1C(=O)Nc1ccc(OC(=O)Cc2csc(C(C)C)n2)cc1. The number of para-hydroxylation sites is 1. The molecule has 0 aliphatic rings. The van der Waals surface area contributed by atoms with Crippen LogP contribution in [0.3, 0.4) is 0 Å². The number of esters is 1. The monoisotopic (exact) mass is 410 g/mol. The molecular weight excluding hydrogens is 388 g/mol. The number of hydrogen-bond acceptors (Lipinski definition) is 6. The van der Waals surface area contributed by atoms with Crippen LogP contribution in [0.4, 0.5) is 5.69 Å². The number of benzene rings is 2. The van der Waals surface area contributed by atoms with Gasteiger partial charge in [0.2, 0.25) is 0 Å². The summed E-state index contributed by atoms with van der Waals surface area (Å²) in [5.41, 5.74) is 1.74. The molecule has 0 aliphatic carbocycles. The first-order valence-corrected chi connectivity index (χ1v) is 10.0. The van der Waals surface area contributed by atoms with E-state index in [-0.39, 0.29) is 18.3 Å². The van der Waals surface area contributed by atoms with Crippen LogP contribution in [-0.4, -0.2) is 24.0 Å². The number of rotatable bonds is 7. The molecule has 0 saturated heterocycles. The number of carbonyl (C=O) groups excluding carboxylic acids is 2. The minimum Gasteiger partial charge on any atom is -0.496 e. The maximum atomic E-state index is 12.4. The third-order valence-corrected chi connectivity index (χ3v) is 5.28. The lowest BCUT2D eigenvalue weighted by Gasteiger charge is -2.09. The van der Waals surface area contributed by atoms with E-state index in [1.165, 1.54) is 7.11 Å². The summed E-state index contributed by atoms with van der Waals surface area (Å²) in [4.78, 5) is 29.0. The van der Waals surface area contributed by atoms with Gasteiger partial charge >= 0.3 is 5.97 Å². The van der Waals surface area contributed by atoms with Crippen LogP contribution in [0, 0.1) is 0 Å². The first-order valence-electron chi connectivity index (χ1n) is 9.15. The highest BCUT2D eigenvalue weighted by Gasteiger charge is 2.13. The second-order valence-corrected chi connectivity index (χ2v) is 7.55. The molecule has 0 bridgehead atoms. The molecular formula is C22H22N2O4S. The summed E-state index contributed by atoms with van der Waals surface area (Å²) in [5.74, 6) is 0.583. The number of nitrogens with zero attached hydrogens (tertiary/aromatic N) is 1. The number of anilines is 1. The predicted octanol–water partition coefficient (Wildman–Crippen LogP) is 4.68. The van der Waals surface area contributed by atoms with Gasteiger partial charge in [-0.1, -0.05) is 26.0 Å². The zero-order valence-corrected chi connectivity index (χ0v) is 17.3. The Morgan fingerprint density at radius 2 is 1.83 bits per heavy atom. The van der Waals surface area contributed by atoms with E-state index in [0.29, 0.717) is 34.4 Å². The minimum absolute atomic E-state index is 0.121. The summed E-state index contributed by atoms with van der Waals surface area (Å²) in [6, 6.07) is 13.6. The molecule has 7 heteroatoms. The van der Waals surface area contributed by atoms with E-state index in [1.807, 2.05) is 5.38 Å². The van der Waals surface area contributed by atoms with Gasteiger partial charge in [0.25, 0.3) is 5.91 Å². The summed E-state index contributed by atoms with van der Waals surface area (Å²) in [5, 5.41) is 5.68. The average molecular weight is 410 g/mol. The molecule has 2 aromatic carbocycles. The van der Waals surface area contributed by atoms with Crippen molar-refractivity contribution >= 4 is 28.9 Å². The van der Waals surface area contributed by atoms with Gasteiger partial charge in [0.1, 0.15) is 11.5 Å². The quantitative estimate of drug-likeness (QED) is 0.452. The van der Waals surface area contributed by atoms with Crippen molar-refractivity contribution in [2.45, 2.75) is 26.2 Å². The van der Waals surface area contributed by atoms with E-state index < -0.39 is 0 Å². The Hall–Kier alpha value is -3.19. The standard InChI is InChI=1S/C22H22N2O4S/c1-14(2)22-24-16(13-29-22)12-20(25)28-17-10-8-15(9-11-17)23-21(26)18-6-4-5-7-19(18)27-3/h4-11,13-14H,12H2,1-3H3,(H,23,26). The van der Waals surface area contributed by atoms with Crippen LogP contribution in [0.25, 0.3) is 0 Å². The van der Waals surface area contributed by atoms with Gasteiger partial charge in [-0.3, -0.25) is 9.59 Å². The van der Waals surface area contributed by atoms with Crippen LogP contribution in [0.2, 0.25) is 0 Å². The molecule has 0 fully saturated rings. The Labute approximate surface area is 173 Å². The zero-order chi connectivity index (χ0) is 20.8. The van der Waals surface area contributed by atoms with Crippen LogP contribution >= 0.6 is 11.3 Å². The lowest BCUT2D eigenvalue weighted by Crippen LogP contribution is -2.13. The second kappa shape index (κ2) is 9.34. The minimum atomic E-state index is -0.378. The molecule has 150 valence electrons. The molecule has 29 heavy (non-hydrogen) atoms. The van der Waals surface area contributed by atoms with Crippen molar-refractivity contribution < 1.29 is 19.1 Å². The fourth-order valence-electron chi connectivity index (χ4n) is 2.62. The third-order valence-electron chi connectivity index (χ3n) is 4.08. The first-order chi connectivity index (χ1) is 14.0. The number of nitrogens with one attached hydrogen (secondary N) is 1. The fourth-order valence-corrected chi connectivity index (χ4v) is 3.46. The predicted molar refractivity (Wildman–Crippen MR) is 113 cm³/mol. The largest absolute Gasteiger partial charge is 0.496 e. The molecule has 1 N–H and O–H groups in total. The fraction of sp³-hybridized carbons (Fsp3) is 0.227. The molecule has 1 amide bonds. The lowest BCUT2D eigenvalue weighted by atomic mass is 10.2. The Morgan fingerprint density at radius 1 is 1.10 bits per heavy atom. The molecule has 0 saturated carbocycles. The van der Waals surface area contributed by atoms with E-state index in [4.69, 9.17) is 9.47 Å². The van der Waals surface area contributed by atoms with Gasteiger partial charge in [0, 0.05) is 17.0 Å². The highest BCUT2D eigenvalue weighted by atomic mass is 32.1. The zero-order valence-electron chi connectivity index (χ0n) is 16.5. The number of carbonyl (C=O) groups is 2. The summed E-state index contributed by atoms with van der Waals surface area (Å²) >= 11 is 1.55. The molecule has 0 radical (unpaired) electrons. The number of ether oxygens (including phenoxy) is 2. The van der Waals surface area contributed by atoms with Gasteiger partial charge in [-0.2, -0.15) is 0 Å². The molecule has 0 unspecified atom stereocenters. The van der Waals surface area contributed by atoms with Gasteiger partial charge in [-0.05, 0) is 36.4 Å². The number of hydrogen-bond donors (Lipinski definition) is 1. The van der Waals surface area contributed by atoms with E-state index in [0.717, 1.165) is 5.01 Å². The van der Waals surface area contributed by atoms with Crippen LogP contribution in [0.15, 0.2) is 53.9 Å². The van der Waals surface area contributed by atoms with Crippen molar-refractivity contribution in [3.05, 3.63) is 70.2 Å².